The van der Waals surface area contributed by atoms with Gasteiger partial charge in [-0.2, -0.15) is 5.10 Å². The summed E-state index contributed by atoms with van der Waals surface area (Å²) < 4.78 is 2.04. The minimum Gasteiger partial charge on any atom is -0.340 e. The number of aryl methyl sites for hydroxylation is 2. The Morgan fingerprint density at radius 1 is 1.26 bits per heavy atom. The van der Waals surface area contributed by atoms with E-state index in [0.717, 1.165) is 38.8 Å². The van der Waals surface area contributed by atoms with E-state index in [1.165, 1.54) is 16.7 Å². The number of carbonyl (C=O) groups is 1. The summed E-state index contributed by atoms with van der Waals surface area (Å²) in [6.45, 7) is 3.73. The van der Waals surface area contributed by atoms with Crippen LogP contribution in [0.5, 0.6) is 0 Å². The lowest BCUT2D eigenvalue weighted by Gasteiger charge is -2.34. The van der Waals surface area contributed by atoms with E-state index in [9.17, 15) is 4.79 Å². The van der Waals surface area contributed by atoms with Crippen molar-refractivity contribution >= 4 is 5.91 Å². The summed E-state index contributed by atoms with van der Waals surface area (Å²) in [4.78, 5) is 15.1. The Kier molecular flexibility index (Phi) is 3.68. The molecule has 1 fully saturated rings. The maximum absolute atomic E-state index is 13.0. The molecule has 1 aliphatic heterocycles. The van der Waals surface area contributed by atoms with E-state index in [1.54, 1.807) is 0 Å². The predicted molar refractivity (Wildman–Crippen MR) is 89.3 cm³/mol. The standard InChI is InChI=1S/C19H23N3O/c1-14-11-20-22(12-14)16-6-4-10-21(13-16)19(23)18-9-8-15-5-2-3-7-17(15)18/h2-3,5,7,11-12,16,18H,4,6,8-10,13H2,1H3/t16-,18+/m0/s1. The zero-order valence-electron chi connectivity index (χ0n) is 13.6. The molecule has 2 aliphatic rings. The molecule has 2 aromatic rings. The minimum atomic E-state index is 0.0595. The van der Waals surface area contributed by atoms with Crippen molar-refractivity contribution in [2.45, 2.75) is 44.6 Å². The first-order valence-electron chi connectivity index (χ1n) is 8.60. The Labute approximate surface area is 137 Å². The van der Waals surface area contributed by atoms with Crippen LogP contribution in [0.2, 0.25) is 0 Å². The summed E-state index contributed by atoms with van der Waals surface area (Å²) in [5, 5.41) is 4.45. The van der Waals surface area contributed by atoms with E-state index < -0.39 is 0 Å². The third kappa shape index (κ3) is 2.67. The molecule has 120 valence electrons. The van der Waals surface area contributed by atoms with Gasteiger partial charge in [0.25, 0.3) is 0 Å². The van der Waals surface area contributed by atoms with Crippen molar-refractivity contribution in [1.82, 2.24) is 14.7 Å². The molecule has 0 bridgehead atoms. The fraction of sp³-hybridized carbons (Fsp3) is 0.474. The summed E-state index contributed by atoms with van der Waals surface area (Å²) in [6.07, 6.45) is 8.13. The van der Waals surface area contributed by atoms with Crippen LogP contribution in [0.25, 0.3) is 0 Å². The molecule has 1 saturated heterocycles. The number of likely N-dealkylation sites (tertiary alicyclic amines) is 1. The maximum atomic E-state index is 13.0. The maximum Gasteiger partial charge on any atom is 0.230 e. The molecule has 0 spiro atoms. The molecule has 4 heteroatoms. The second-order valence-electron chi connectivity index (χ2n) is 6.87. The molecule has 2 atom stereocenters. The number of rotatable bonds is 2. The van der Waals surface area contributed by atoms with Crippen molar-refractivity contribution in [1.29, 1.82) is 0 Å². The van der Waals surface area contributed by atoms with Gasteiger partial charge in [-0.05, 0) is 49.3 Å². The summed E-state index contributed by atoms with van der Waals surface area (Å²) in [6, 6.07) is 8.73. The average molecular weight is 309 g/mol. The number of aromatic nitrogens is 2. The van der Waals surface area contributed by atoms with Gasteiger partial charge in [0.1, 0.15) is 0 Å². The van der Waals surface area contributed by atoms with Crippen molar-refractivity contribution in [3.05, 3.63) is 53.3 Å². The molecule has 2 heterocycles. The molecule has 1 aromatic carbocycles. The first-order valence-corrected chi connectivity index (χ1v) is 8.60. The molecule has 4 nitrogen and oxygen atoms in total. The van der Waals surface area contributed by atoms with Crippen LogP contribution >= 0.6 is 0 Å². The molecule has 4 rings (SSSR count). The van der Waals surface area contributed by atoms with Gasteiger partial charge in [0.2, 0.25) is 5.91 Å². The molecule has 0 saturated carbocycles. The van der Waals surface area contributed by atoms with Crippen molar-refractivity contribution in [3.8, 4) is 0 Å². The molecule has 23 heavy (non-hydrogen) atoms. The van der Waals surface area contributed by atoms with Crippen molar-refractivity contribution < 1.29 is 4.79 Å². The van der Waals surface area contributed by atoms with Crippen LogP contribution in [0.1, 0.15) is 47.9 Å². The monoisotopic (exact) mass is 309 g/mol. The number of fused-ring (bicyclic) bond motifs is 1. The van der Waals surface area contributed by atoms with Crippen LogP contribution in [-0.2, 0) is 11.2 Å². The Hall–Kier alpha value is -2.10. The quantitative estimate of drug-likeness (QED) is 0.855. The first kappa shape index (κ1) is 14.5. The molecule has 0 unspecified atom stereocenters. The van der Waals surface area contributed by atoms with Crippen molar-refractivity contribution in [2.75, 3.05) is 13.1 Å². The molecule has 1 aromatic heterocycles. The molecule has 1 aliphatic carbocycles. The first-order chi connectivity index (χ1) is 11.2. The van der Waals surface area contributed by atoms with Crippen LogP contribution in [0, 0.1) is 6.92 Å². The lowest BCUT2D eigenvalue weighted by molar-refractivity contribution is -0.134. The van der Waals surface area contributed by atoms with Crippen molar-refractivity contribution in [2.24, 2.45) is 0 Å². The fourth-order valence-electron chi connectivity index (χ4n) is 4.04. The Bertz CT molecular complexity index is 721. The number of amides is 1. The van der Waals surface area contributed by atoms with E-state index in [-0.39, 0.29) is 5.92 Å². The van der Waals surface area contributed by atoms with Gasteiger partial charge >= 0.3 is 0 Å². The van der Waals surface area contributed by atoms with Gasteiger partial charge in [0, 0.05) is 19.3 Å². The normalized spacial score (nSPS) is 23.8. The molecule has 1 amide bonds. The van der Waals surface area contributed by atoms with Gasteiger partial charge < -0.3 is 4.90 Å². The largest absolute Gasteiger partial charge is 0.340 e. The number of benzene rings is 1. The van der Waals surface area contributed by atoms with Gasteiger partial charge in [0.15, 0.2) is 0 Å². The van der Waals surface area contributed by atoms with Crippen molar-refractivity contribution in [3.63, 3.8) is 0 Å². The molecular weight excluding hydrogens is 286 g/mol. The molecular formula is C19H23N3O. The smallest absolute Gasteiger partial charge is 0.230 e. The van der Waals surface area contributed by atoms with Crippen LogP contribution in [0.3, 0.4) is 0 Å². The fourth-order valence-corrected chi connectivity index (χ4v) is 4.04. The lowest BCUT2D eigenvalue weighted by Crippen LogP contribution is -2.42. The third-order valence-corrected chi connectivity index (χ3v) is 5.24. The number of carbonyl (C=O) groups excluding carboxylic acids is 1. The molecule has 0 N–H and O–H groups in total. The molecule has 0 radical (unpaired) electrons. The summed E-state index contributed by atoms with van der Waals surface area (Å²) in [5.41, 5.74) is 3.77. The highest BCUT2D eigenvalue weighted by molar-refractivity contribution is 5.85. The summed E-state index contributed by atoms with van der Waals surface area (Å²) in [5.74, 6) is 0.368. The zero-order valence-corrected chi connectivity index (χ0v) is 13.6. The van der Waals surface area contributed by atoms with E-state index in [1.807, 2.05) is 10.9 Å². The average Bonchev–Trinajstić information content (AvgIpc) is 3.20. The highest BCUT2D eigenvalue weighted by Gasteiger charge is 2.34. The van der Waals surface area contributed by atoms with E-state index in [4.69, 9.17) is 0 Å². The van der Waals surface area contributed by atoms with Gasteiger partial charge in [-0.15, -0.1) is 0 Å². The third-order valence-electron chi connectivity index (χ3n) is 5.24. The van der Waals surface area contributed by atoms with Crippen LogP contribution in [0.4, 0.5) is 0 Å². The second kappa shape index (κ2) is 5.84. The second-order valence-corrected chi connectivity index (χ2v) is 6.87. The van der Waals surface area contributed by atoms with Crippen LogP contribution < -0.4 is 0 Å². The highest BCUT2D eigenvalue weighted by Crippen LogP contribution is 2.35. The van der Waals surface area contributed by atoms with E-state index in [0.29, 0.717) is 11.9 Å². The summed E-state index contributed by atoms with van der Waals surface area (Å²) in [7, 11) is 0. The zero-order chi connectivity index (χ0) is 15.8. The SMILES string of the molecule is Cc1cnn([C@H]2CCCN(C(=O)[C@@H]3CCc4ccccc43)C2)c1. The van der Waals surface area contributed by atoms with Gasteiger partial charge in [-0.3, -0.25) is 9.48 Å². The Morgan fingerprint density at radius 3 is 2.96 bits per heavy atom. The van der Waals surface area contributed by atoms with Crippen LogP contribution in [0.15, 0.2) is 36.7 Å². The van der Waals surface area contributed by atoms with E-state index >= 15 is 0 Å². The van der Waals surface area contributed by atoms with E-state index in [2.05, 4.69) is 47.4 Å². The Balaban J connectivity index is 1.51. The number of piperidine rings is 1. The van der Waals surface area contributed by atoms with Gasteiger partial charge in [-0.25, -0.2) is 0 Å². The number of hydrogen-bond donors (Lipinski definition) is 0. The summed E-state index contributed by atoms with van der Waals surface area (Å²) >= 11 is 0. The number of hydrogen-bond acceptors (Lipinski definition) is 2. The lowest BCUT2D eigenvalue weighted by atomic mass is 9.97. The Morgan fingerprint density at radius 2 is 2.13 bits per heavy atom. The van der Waals surface area contributed by atoms with Gasteiger partial charge in [-0.1, -0.05) is 24.3 Å². The van der Waals surface area contributed by atoms with Crippen LogP contribution in [-0.4, -0.2) is 33.7 Å². The predicted octanol–water partition coefficient (Wildman–Crippen LogP) is 3.09. The van der Waals surface area contributed by atoms with Gasteiger partial charge in [0.05, 0.1) is 18.2 Å². The minimum absolute atomic E-state index is 0.0595. The number of nitrogens with zero attached hydrogens (tertiary/aromatic N) is 3. The topological polar surface area (TPSA) is 38.1 Å². The highest BCUT2D eigenvalue weighted by atomic mass is 16.2.